The van der Waals surface area contributed by atoms with E-state index < -0.39 is 0 Å². The topological polar surface area (TPSA) is 23.8 Å². The minimum Gasteiger partial charge on any atom is -0.254 e. The molecule has 2 unspecified atom stereocenters. The van der Waals surface area contributed by atoms with Gasteiger partial charge in [-0.3, -0.25) is 5.73 Å². The fraction of sp³-hybridized carbons (Fsp3) is 1.00. The zero-order valence-corrected chi connectivity index (χ0v) is 4.78. The lowest BCUT2D eigenvalue weighted by Gasteiger charge is -2.04. The van der Waals surface area contributed by atoms with Gasteiger partial charge in [0, 0.05) is 6.04 Å². The van der Waals surface area contributed by atoms with Crippen molar-refractivity contribution in [1.82, 2.24) is 5.73 Å². The number of hydrogen-bond acceptors (Lipinski definition) is 0. The van der Waals surface area contributed by atoms with Crippen LogP contribution in [0, 0.1) is 5.92 Å². The SMILES string of the molecule is CC1CCCC1[NH]. The summed E-state index contributed by atoms with van der Waals surface area (Å²) in [6.45, 7) is 2.17. The van der Waals surface area contributed by atoms with Gasteiger partial charge in [-0.15, -0.1) is 0 Å². The maximum absolute atomic E-state index is 7.34. The molecule has 0 heterocycles. The molecule has 1 aliphatic carbocycles. The lowest BCUT2D eigenvalue weighted by Crippen LogP contribution is -2.10. The van der Waals surface area contributed by atoms with Gasteiger partial charge < -0.3 is 0 Å². The molecule has 0 spiro atoms. The van der Waals surface area contributed by atoms with Crippen LogP contribution in [0.5, 0.6) is 0 Å². The summed E-state index contributed by atoms with van der Waals surface area (Å²) in [6.07, 6.45) is 3.71. The summed E-state index contributed by atoms with van der Waals surface area (Å²) in [5.74, 6) is 0.681. The van der Waals surface area contributed by atoms with E-state index in [1.807, 2.05) is 0 Å². The van der Waals surface area contributed by atoms with Crippen LogP contribution in [0.1, 0.15) is 26.2 Å². The van der Waals surface area contributed by atoms with Crippen LogP contribution >= 0.6 is 0 Å². The van der Waals surface area contributed by atoms with E-state index in [1.165, 1.54) is 12.8 Å². The minimum atomic E-state index is 0.264. The number of nitrogens with one attached hydrogen (secondary N) is 1. The smallest absolute Gasteiger partial charge is 0.0238 e. The van der Waals surface area contributed by atoms with Gasteiger partial charge in [-0.25, -0.2) is 0 Å². The average Bonchev–Trinajstić information content (AvgIpc) is 1.91. The van der Waals surface area contributed by atoms with Crippen molar-refractivity contribution >= 4 is 0 Å². The highest BCUT2D eigenvalue weighted by molar-refractivity contribution is 4.75. The van der Waals surface area contributed by atoms with E-state index in [4.69, 9.17) is 5.73 Å². The first-order chi connectivity index (χ1) is 3.30. The Labute approximate surface area is 44.9 Å². The summed E-state index contributed by atoms with van der Waals surface area (Å²) >= 11 is 0. The van der Waals surface area contributed by atoms with Gasteiger partial charge in [0.25, 0.3) is 0 Å². The van der Waals surface area contributed by atoms with Crippen molar-refractivity contribution in [2.45, 2.75) is 32.2 Å². The van der Waals surface area contributed by atoms with Crippen LogP contribution in [0.15, 0.2) is 0 Å². The molecule has 2 atom stereocenters. The van der Waals surface area contributed by atoms with Gasteiger partial charge >= 0.3 is 0 Å². The molecule has 0 bridgehead atoms. The third kappa shape index (κ3) is 0.942. The summed E-state index contributed by atoms with van der Waals surface area (Å²) < 4.78 is 0. The summed E-state index contributed by atoms with van der Waals surface area (Å²) in [4.78, 5) is 0. The van der Waals surface area contributed by atoms with Crippen LogP contribution in [0.4, 0.5) is 0 Å². The van der Waals surface area contributed by atoms with Crippen molar-refractivity contribution in [2.24, 2.45) is 5.92 Å². The Morgan fingerprint density at radius 3 is 2.29 bits per heavy atom. The van der Waals surface area contributed by atoms with E-state index in [1.54, 1.807) is 0 Å². The standard InChI is InChI=1S/C6H12N/c1-5-3-2-4-6(5)7/h5-7H,2-4H2,1H3. The molecule has 0 aromatic carbocycles. The van der Waals surface area contributed by atoms with Crippen LogP contribution in [-0.4, -0.2) is 6.04 Å². The summed E-state index contributed by atoms with van der Waals surface area (Å²) in [5.41, 5.74) is 7.34. The third-order valence-corrected chi connectivity index (χ3v) is 1.86. The second kappa shape index (κ2) is 1.83. The molecule has 0 aromatic heterocycles. The highest BCUT2D eigenvalue weighted by Crippen LogP contribution is 2.23. The monoisotopic (exact) mass is 98.1 g/mol. The van der Waals surface area contributed by atoms with Crippen molar-refractivity contribution in [3.05, 3.63) is 0 Å². The van der Waals surface area contributed by atoms with Crippen LogP contribution in [-0.2, 0) is 0 Å². The highest BCUT2D eigenvalue weighted by Gasteiger charge is 2.18. The van der Waals surface area contributed by atoms with E-state index in [0.29, 0.717) is 5.92 Å². The van der Waals surface area contributed by atoms with Crippen LogP contribution in [0.25, 0.3) is 0 Å². The minimum absolute atomic E-state index is 0.264. The number of hydrogen-bond donors (Lipinski definition) is 0. The van der Waals surface area contributed by atoms with Crippen LogP contribution < -0.4 is 5.73 Å². The maximum atomic E-state index is 7.34. The summed E-state index contributed by atoms with van der Waals surface area (Å²) in [5, 5.41) is 0. The van der Waals surface area contributed by atoms with Crippen molar-refractivity contribution < 1.29 is 0 Å². The first-order valence-corrected chi connectivity index (χ1v) is 3.02. The lowest BCUT2D eigenvalue weighted by atomic mass is 10.1. The molecule has 1 rings (SSSR count). The summed E-state index contributed by atoms with van der Waals surface area (Å²) in [7, 11) is 0. The van der Waals surface area contributed by atoms with Gasteiger partial charge in [-0.05, 0) is 18.8 Å². The molecule has 1 saturated carbocycles. The van der Waals surface area contributed by atoms with Gasteiger partial charge in [0.1, 0.15) is 0 Å². The molecular formula is C6H12N. The van der Waals surface area contributed by atoms with E-state index in [0.717, 1.165) is 6.42 Å². The second-order valence-corrected chi connectivity index (χ2v) is 2.51. The van der Waals surface area contributed by atoms with Crippen molar-refractivity contribution in [1.29, 1.82) is 0 Å². The fourth-order valence-corrected chi connectivity index (χ4v) is 1.15. The van der Waals surface area contributed by atoms with Crippen LogP contribution in [0.3, 0.4) is 0 Å². The van der Waals surface area contributed by atoms with E-state index in [2.05, 4.69) is 6.92 Å². The molecule has 1 N–H and O–H groups in total. The Kier molecular flexibility index (Phi) is 1.33. The van der Waals surface area contributed by atoms with Gasteiger partial charge in [0.15, 0.2) is 0 Å². The third-order valence-electron chi connectivity index (χ3n) is 1.86. The van der Waals surface area contributed by atoms with Gasteiger partial charge in [0.2, 0.25) is 0 Å². The molecule has 1 nitrogen and oxygen atoms in total. The molecule has 7 heavy (non-hydrogen) atoms. The second-order valence-electron chi connectivity index (χ2n) is 2.51. The van der Waals surface area contributed by atoms with Gasteiger partial charge in [-0.1, -0.05) is 13.3 Å². The van der Waals surface area contributed by atoms with Crippen molar-refractivity contribution in [3.8, 4) is 0 Å². The Balaban J connectivity index is 2.33. The molecule has 1 radical (unpaired) electrons. The van der Waals surface area contributed by atoms with Crippen molar-refractivity contribution in [2.75, 3.05) is 0 Å². The Hall–Kier alpha value is -0.0400. The van der Waals surface area contributed by atoms with Crippen molar-refractivity contribution in [3.63, 3.8) is 0 Å². The summed E-state index contributed by atoms with van der Waals surface area (Å²) in [6, 6.07) is 0.264. The highest BCUT2D eigenvalue weighted by atomic mass is 14.7. The Morgan fingerprint density at radius 2 is 2.14 bits per heavy atom. The average molecular weight is 98.2 g/mol. The van der Waals surface area contributed by atoms with Gasteiger partial charge in [0.05, 0.1) is 0 Å². The molecule has 1 heteroatoms. The zero-order chi connectivity index (χ0) is 5.28. The Bertz CT molecular complexity index is 53.2. The molecular weight excluding hydrogens is 86.1 g/mol. The molecule has 1 fully saturated rings. The first kappa shape index (κ1) is 5.10. The number of rotatable bonds is 0. The molecule has 0 aliphatic heterocycles. The van der Waals surface area contributed by atoms with Crippen LogP contribution in [0.2, 0.25) is 0 Å². The predicted octanol–water partition coefficient (Wildman–Crippen LogP) is 1.46. The molecule has 1 aliphatic rings. The largest absolute Gasteiger partial charge is 0.254 e. The normalized spacial score (nSPS) is 42.0. The Morgan fingerprint density at radius 1 is 1.43 bits per heavy atom. The molecule has 41 valence electrons. The molecule has 0 aromatic rings. The van der Waals surface area contributed by atoms with E-state index in [-0.39, 0.29) is 6.04 Å². The van der Waals surface area contributed by atoms with E-state index in [9.17, 15) is 0 Å². The predicted molar refractivity (Wildman–Crippen MR) is 29.9 cm³/mol. The van der Waals surface area contributed by atoms with E-state index >= 15 is 0 Å². The first-order valence-electron chi connectivity index (χ1n) is 3.02. The lowest BCUT2D eigenvalue weighted by molar-refractivity contribution is 0.515. The molecule has 0 amide bonds. The maximum Gasteiger partial charge on any atom is 0.0238 e. The quantitative estimate of drug-likeness (QED) is 0.438. The zero-order valence-electron chi connectivity index (χ0n) is 4.78. The van der Waals surface area contributed by atoms with Gasteiger partial charge in [-0.2, -0.15) is 0 Å². The fourth-order valence-electron chi connectivity index (χ4n) is 1.15. The molecule has 0 saturated heterocycles.